The third kappa shape index (κ3) is 2.46. The van der Waals surface area contributed by atoms with Crippen LogP contribution >= 0.6 is 0 Å². The summed E-state index contributed by atoms with van der Waals surface area (Å²) in [5, 5.41) is 9.17. The number of carbonyl (C=O) groups is 2. The molecule has 1 aromatic carbocycles. The van der Waals surface area contributed by atoms with Crippen molar-refractivity contribution in [2.75, 3.05) is 6.54 Å². The summed E-state index contributed by atoms with van der Waals surface area (Å²) < 4.78 is 0. The lowest BCUT2D eigenvalue weighted by molar-refractivity contribution is -0.112. The maximum atomic E-state index is 11.2. The topological polar surface area (TPSA) is 57.6 Å². The Hall–Kier alpha value is -1.84. The van der Waals surface area contributed by atoms with Crippen LogP contribution in [0.3, 0.4) is 0 Å². The molecule has 1 aliphatic heterocycles. The second-order valence-corrected chi connectivity index (χ2v) is 4.32. The summed E-state index contributed by atoms with van der Waals surface area (Å²) in [5.41, 5.74) is 0.960. The van der Waals surface area contributed by atoms with Crippen LogP contribution in [0.2, 0.25) is 0 Å². The Balaban J connectivity index is 2.25. The van der Waals surface area contributed by atoms with Crippen LogP contribution in [0.1, 0.15) is 24.4 Å². The number of hydrogen-bond donors (Lipinski definition) is 1. The predicted octanol–water partition coefficient (Wildman–Crippen LogP) is 2.32. The Morgan fingerprint density at radius 2 is 2.06 bits per heavy atom. The van der Waals surface area contributed by atoms with Gasteiger partial charge in [-0.1, -0.05) is 30.3 Å². The van der Waals surface area contributed by atoms with Crippen molar-refractivity contribution < 1.29 is 14.7 Å². The van der Waals surface area contributed by atoms with Gasteiger partial charge in [0.2, 0.25) is 0 Å². The molecule has 90 valence electrons. The van der Waals surface area contributed by atoms with Gasteiger partial charge in [0, 0.05) is 12.5 Å². The van der Waals surface area contributed by atoms with Gasteiger partial charge in [-0.3, -0.25) is 0 Å². The molecule has 2 rings (SSSR count). The maximum Gasteiger partial charge on any atom is 0.407 e. The monoisotopic (exact) mass is 233 g/mol. The van der Waals surface area contributed by atoms with Crippen molar-refractivity contribution >= 4 is 12.4 Å². The summed E-state index contributed by atoms with van der Waals surface area (Å²) in [7, 11) is 0. The van der Waals surface area contributed by atoms with Crippen LogP contribution in [0, 0.1) is 5.92 Å². The number of likely N-dealkylation sites (tertiary alicyclic amines) is 1. The number of amides is 1. The molecule has 4 nitrogen and oxygen atoms in total. The Morgan fingerprint density at radius 3 is 2.65 bits per heavy atom. The first-order valence-corrected chi connectivity index (χ1v) is 5.72. The van der Waals surface area contributed by atoms with Gasteiger partial charge in [0.05, 0.1) is 6.04 Å². The van der Waals surface area contributed by atoms with E-state index >= 15 is 0 Å². The Morgan fingerprint density at radius 1 is 1.35 bits per heavy atom. The number of carboxylic acid groups (broad SMARTS) is 1. The highest BCUT2D eigenvalue weighted by Gasteiger charge is 2.32. The zero-order chi connectivity index (χ0) is 12.3. The summed E-state index contributed by atoms with van der Waals surface area (Å²) in [6.45, 7) is 0.429. The van der Waals surface area contributed by atoms with Gasteiger partial charge in [0.1, 0.15) is 6.29 Å². The molecular formula is C13H15NO3. The minimum absolute atomic E-state index is 0.0317. The molecule has 0 saturated carbocycles. The summed E-state index contributed by atoms with van der Waals surface area (Å²) in [6.07, 6.45) is 1.23. The number of rotatable bonds is 2. The van der Waals surface area contributed by atoms with Gasteiger partial charge in [-0.25, -0.2) is 4.79 Å². The molecule has 1 fully saturated rings. The predicted molar refractivity (Wildman–Crippen MR) is 62.7 cm³/mol. The third-order valence-electron chi connectivity index (χ3n) is 3.27. The van der Waals surface area contributed by atoms with Gasteiger partial charge in [0.15, 0.2) is 0 Å². The number of hydrogen-bond acceptors (Lipinski definition) is 2. The van der Waals surface area contributed by atoms with Gasteiger partial charge in [-0.2, -0.15) is 0 Å². The Bertz CT molecular complexity index is 404. The second kappa shape index (κ2) is 4.99. The average Bonchev–Trinajstić information content (AvgIpc) is 2.39. The molecule has 17 heavy (non-hydrogen) atoms. The highest BCUT2D eigenvalue weighted by Crippen LogP contribution is 2.33. The minimum Gasteiger partial charge on any atom is -0.465 e. The third-order valence-corrected chi connectivity index (χ3v) is 3.27. The van der Waals surface area contributed by atoms with Crippen LogP contribution in [0.15, 0.2) is 30.3 Å². The Labute approximate surface area is 99.9 Å². The van der Waals surface area contributed by atoms with Crippen molar-refractivity contribution in [1.82, 2.24) is 4.90 Å². The van der Waals surface area contributed by atoms with E-state index in [9.17, 15) is 9.59 Å². The largest absolute Gasteiger partial charge is 0.465 e. The molecule has 1 aromatic rings. The van der Waals surface area contributed by atoms with Crippen molar-refractivity contribution in [3.05, 3.63) is 35.9 Å². The minimum atomic E-state index is -0.914. The molecule has 0 unspecified atom stereocenters. The quantitative estimate of drug-likeness (QED) is 0.797. The zero-order valence-corrected chi connectivity index (χ0v) is 9.45. The number of piperidine rings is 1. The van der Waals surface area contributed by atoms with E-state index in [-0.39, 0.29) is 12.0 Å². The molecule has 0 radical (unpaired) electrons. The summed E-state index contributed by atoms with van der Waals surface area (Å²) in [6, 6.07) is 9.30. The van der Waals surface area contributed by atoms with E-state index in [1.807, 2.05) is 30.3 Å². The van der Waals surface area contributed by atoms with Crippen LogP contribution in [-0.2, 0) is 4.79 Å². The molecule has 1 amide bonds. The molecular weight excluding hydrogens is 218 g/mol. The molecule has 0 aliphatic carbocycles. The van der Waals surface area contributed by atoms with Crippen LogP contribution in [0.5, 0.6) is 0 Å². The van der Waals surface area contributed by atoms with E-state index in [2.05, 4.69) is 0 Å². The van der Waals surface area contributed by atoms with Crippen LogP contribution in [0.4, 0.5) is 4.79 Å². The van der Waals surface area contributed by atoms with E-state index in [1.165, 1.54) is 4.90 Å². The summed E-state index contributed by atoms with van der Waals surface area (Å²) in [5.74, 6) is -0.0317. The maximum absolute atomic E-state index is 11.2. The second-order valence-electron chi connectivity index (χ2n) is 4.32. The van der Waals surface area contributed by atoms with E-state index < -0.39 is 6.09 Å². The van der Waals surface area contributed by atoms with Crippen molar-refractivity contribution in [3.8, 4) is 0 Å². The lowest BCUT2D eigenvalue weighted by atomic mass is 9.88. The first-order valence-electron chi connectivity index (χ1n) is 5.72. The van der Waals surface area contributed by atoms with Crippen molar-refractivity contribution in [3.63, 3.8) is 0 Å². The first kappa shape index (κ1) is 11.6. The molecule has 1 N–H and O–H groups in total. The lowest BCUT2D eigenvalue weighted by Crippen LogP contribution is -2.40. The van der Waals surface area contributed by atoms with Crippen molar-refractivity contribution in [2.45, 2.75) is 18.9 Å². The fourth-order valence-corrected chi connectivity index (χ4v) is 2.34. The Kier molecular flexibility index (Phi) is 3.42. The van der Waals surface area contributed by atoms with Gasteiger partial charge < -0.3 is 14.8 Å². The standard InChI is InChI=1S/C13H15NO3/c15-9-10-6-7-14(13(16)17)12(8-10)11-4-2-1-3-5-11/h1-5,9-10,12H,6-8H2,(H,16,17)/t10-,12+/m0/s1. The zero-order valence-electron chi connectivity index (χ0n) is 9.45. The van der Waals surface area contributed by atoms with E-state index in [4.69, 9.17) is 5.11 Å². The van der Waals surface area contributed by atoms with Crippen molar-refractivity contribution in [2.24, 2.45) is 5.92 Å². The summed E-state index contributed by atoms with van der Waals surface area (Å²) in [4.78, 5) is 23.4. The molecule has 0 spiro atoms. The molecule has 1 aliphatic rings. The number of carbonyl (C=O) groups excluding carboxylic acids is 1. The average molecular weight is 233 g/mol. The van der Waals surface area contributed by atoms with Crippen molar-refractivity contribution in [1.29, 1.82) is 0 Å². The number of aldehydes is 1. The summed E-state index contributed by atoms with van der Waals surface area (Å²) >= 11 is 0. The van der Waals surface area contributed by atoms with Gasteiger partial charge in [-0.15, -0.1) is 0 Å². The first-order chi connectivity index (χ1) is 8.22. The van der Waals surface area contributed by atoms with E-state index in [0.29, 0.717) is 19.4 Å². The van der Waals surface area contributed by atoms with Gasteiger partial charge in [-0.05, 0) is 18.4 Å². The highest BCUT2D eigenvalue weighted by atomic mass is 16.4. The fraction of sp³-hybridized carbons (Fsp3) is 0.385. The normalized spacial score (nSPS) is 24.4. The smallest absolute Gasteiger partial charge is 0.407 e. The molecule has 2 atom stereocenters. The fourth-order valence-electron chi connectivity index (χ4n) is 2.34. The highest BCUT2D eigenvalue weighted by molar-refractivity contribution is 5.66. The van der Waals surface area contributed by atoms with Crippen LogP contribution in [-0.4, -0.2) is 28.9 Å². The number of nitrogens with zero attached hydrogens (tertiary/aromatic N) is 1. The van der Waals surface area contributed by atoms with E-state index in [1.54, 1.807) is 0 Å². The lowest BCUT2D eigenvalue weighted by Gasteiger charge is -2.36. The van der Waals surface area contributed by atoms with Crippen LogP contribution < -0.4 is 0 Å². The van der Waals surface area contributed by atoms with Gasteiger partial charge >= 0.3 is 6.09 Å². The SMILES string of the molecule is O=C[C@H]1CCN(C(=O)O)[C@@H](c2ccccc2)C1. The number of benzene rings is 1. The molecule has 1 heterocycles. The van der Waals surface area contributed by atoms with Crippen LogP contribution in [0.25, 0.3) is 0 Å². The molecule has 0 bridgehead atoms. The van der Waals surface area contributed by atoms with Gasteiger partial charge in [0.25, 0.3) is 0 Å². The van der Waals surface area contributed by atoms with E-state index in [0.717, 1.165) is 11.8 Å². The molecule has 0 aromatic heterocycles. The molecule has 1 saturated heterocycles. The molecule has 4 heteroatoms.